The number of fused-ring (bicyclic) bond motifs is 1. The van der Waals surface area contributed by atoms with Crippen LogP contribution in [0.3, 0.4) is 0 Å². The van der Waals surface area contributed by atoms with E-state index in [1.54, 1.807) is 0 Å². The van der Waals surface area contributed by atoms with Crippen LogP contribution in [0.2, 0.25) is 0 Å². The molecule has 6 heteroatoms. The molecule has 0 spiro atoms. The molecule has 3 heterocycles. The highest BCUT2D eigenvalue weighted by atomic mass is 32.2. The van der Waals surface area contributed by atoms with Crippen LogP contribution in [-0.2, 0) is 4.74 Å². The molecular formula is C17H22F2N2OS. The fourth-order valence-corrected chi connectivity index (χ4v) is 5.67. The molecule has 0 amide bonds. The molecule has 3 saturated heterocycles. The maximum Gasteiger partial charge on any atom is 0.129 e. The third-order valence-electron chi connectivity index (χ3n) is 5.45. The topological polar surface area (TPSA) is 38.5 Å². The molecule has 4 rings (SSSR count). The van der Waals surface area contributed by atoms with E-state index in [1.807, 2.05) is 0 Å². The molecule has 1 aromatic carbocycles. The molecule has 0 bridgehead atoms. The van der Waals surface area contributed by atoms with Crippen molar-refractivity contribution in [1.29, 1.82) is 0 Å². The number of hydrogen-bond donors (Lipinski definition) is 1. The van der Waals surface area contributed by atoms with E-state index < -0.39 is 17.7 Å². The van der Waals surface area contributed by atoms with Gasteiger partial charge in [0, 0.05) is 30.7 Å². The molecule has 1 aromatic rings. The summed E-state index contributed by atoms with van der Waals surface area (Å²) < 4.78 is 33.3. The van der Waals surface area contributed by atoms with Crippen LogP contribution in [0.1, 0.15) is 18.1 Å². The lowest BCUT2D eigenvalue weighted by Crippen LogP contribution is -2.49. The van der Waals surface area contributed by atoms with Crippen molar-refractivity contribution in [2.24, 2.45) is 17.6 Å². The molecule has 2 N–H and O–H groups in total. The maximum absolute atomic E-state index is 14.0. The summed E-state index contributed by atoms with van der Waals surface area (Å²) in [7, 11) is 0. The summed E-state index contributed by atoms with van der Waals surface area (Å²) in [6.45, 7) is 2.79. The van der Waals surface area contributed by atoms with Crippen LogP contribution in [0.15, 0.2) is 18.2 Å². The first-order valence-corrected chi connectivity index (χ1v) is 9.41. The number of hydrogen-bond acceptors (Lipinski definition) is 4. The van der Waals surface area contributed by atoms with Gasteiger partial charge in [0.25, 0.3) is 0 Å². The van der Waals surface area contributed by atoms with Crippen LogP contribution in [-0.4, -0.2) is 48.2 Å². The number of nitrogens with two attached hydrogens (primary N) is 1. The SMILES string of the molecule is NC1CC(N2CC3CSCC3C2)COC1c1cc(F)ccc1F. The number of nitrogens with zero attached hydrogens (tertiary/aromatic N) is 1. The molecule has 0 aromatic heterocycles. The van der Waals surface area contributed by atoms with Crippen LogP contribution in [0.5, 0.6) is 0 Å². The summed E-state index contributed by atoms with van der Waals surface area (Å²) in [6, 6.07) is 3.47. The van der Waals surface area contributed by atoms with E-state index in [0.29, 0.717) is 12.6 Å². The molecule has 126 valence electrons. The largest absolute Gasteiger partial charge is 0.370 e. The molecule has 5 atom stereocenters. The van der Waals surface area contributed by atoms with Gasteiger partial charge in [0.1, 0.15) is 17.7 Å². The highest BCUT2D eigenvalue weighted by molar-refractivity contribution is 7.99. The number of rotatable bonds is 2. The monoisotopic (exact) mass is 340 g/mol. The summed E-state index contributed by atoms with van der Waals surface area (Å²) in [5, 5.41) is 0. The minimum atomic E-state index is -0.556. The number of ether oxygens (including phenoxy) is 1. The first-order valence-electron chi connectivity index (χ1n) is 8.25. The van der Waals surface area contributed by atoms with Gasteiger partial charge < -0.3 is 10.5 Å². The average Bonchev–Trinajstić information content (AvgIpc) is 3.11. The van der Waals surface area contributed by atoms with Crippen molar-refractivity contribution in [1.82, 2.24) is 4.90 Å². The highest BCUT2D eigenvalue weighted by Crippen LogP contribution is 2.39. The zero-order chi connectivity index (χ0) is 16.0. The fourth-order valence-electron chi connectivity index (χ4n) is 4.17. The van der Waals surface area contributed by atoms with E-state index in [0.717, 1.165) is 43.5 Å². The Kier molecular flexibility index (Phi) is 4.34. The number of likely N-dealkylation sites (tertiary alicyclic amines) is 1. The predicted molar refractivity (Wildman–Crippen MR) is 87.3 cm³/mol. The number of thioether (sulfide) groups is 1. The highest BCUT2D eigenvalue weighted by Gasteiger charge is 2.42. The van der Waals surface area contributed by atoms with Gasteiger partial charge in [-0.3, -0.25) is 4.90 Å². The average molecular weight is 340 g/mol. The van der Waals surface area contributed by atoms with Crippen molar-refractivity contribution in [2.45, 2.75) is 24.6 Å². The Morgan fingerprint density at radius 2 is 1.91 bits per heavy atom. The van der Waals surface area contributed by atoms with Gasteiger partial charge in [0.05, 0.1) is 6.61 Å². The third-order valence-corrected chi connectivity index (χ3v) is 6.78. The fraction of sp³-hybridized carbons (Fsp3) is 0.647. The van der Waals surface area contributed by atoms with Crippen molar-refractivity contribution < 1.29 is 13.5 Å². The lowest BCUT2D eigenvalue weighted by molar-refractivity contribution is -0.0479. The smallest absolute Gasteiger partial charge is 0.129 e. The predicted octanol–water partition coefficient (Wildman–Crippen LogP) is 2.42. The van der Waals surface area contributed by atoms with Crippen LogP contribution >= 0.6 is 11.8 Å². The zero-order valence-electron chi connectivity index (χ0n) is 13.0. The molecule has 0 aliphatic carbocycles. The first-order chi connectivity index (χ1) is 11.1. The van der Waals surface area contributed by atoms with Crippen molar-refractivity contribution in [2.75, 3.05) is 31.2 Å². The molecule has 0 saturated carbocycles. The minimum Gasteiger partial charge on any atom is -0.370 e. The van der Waals surface area contributed by atoms with Crippen molar-refractivity contribution >= 4 is 11.8 Å². The van der Waals surface area contributed by atoms with Crippen molar-refractivity contribution in [3.8, 4) is 0 Å². The van der Waals surface area contributed by atoms with E-state index in [1.165, 1.54) is 17.6 Å². The quantitative estimate of drug-likeness (QED) is 0.897. The summed E-state index contributed by atoms with van der Waals surface area (Å²) in [4.78, 5) is 2.49. The molecule has 3 nitrogen and oxygen atoms in total. The normalized spacial score (nSPS) is 38.0. The van der Waals surface area contributed by atoms with Gasteiger partial charge in [-0.05, 0) is 48.0 Å². The number of halogens is 2. The van der Waals surface area contributed by atoms with Gasteiger partial charge in [-0.2, -0.15) is 11.8 Å². The van der Waals surface area contributed by atoms with E-state index in [2.05, 4.69) is 16.7 Å². The first kappa shape index (κ1) is 15.8. The Hall–Kier alpha value is -0.690. The van der Waals surface area contributed by atoms with Crippen LogP contribution in [0, 0.1) is 23.5 Å². The molecule has 3 fully saturated rings. The third kappa shape index (κ3) is 3.02. The zero-order valence-corrected chi connectivity index (χ0v) is 13.8. The molecule has 5 unspecified atom stereocenters. The summed E-state index contributed by atoms with van der Waals surface area (Å²) in [5.74, 6) is 3.22. The summed E-state index contributed by atoms with van der Waals surface area (Å²) >= 11 is 2.06. The Morgan fingerprint density at radius 3 is 2.61 bits per heavy atom. The molecule has 3 aliphatic heterocycles. The Morgan fingerprint density at radius 1 is 1.17 bits per heavy atom. The van der Waals surface area contributed by atoms with Gasteiger partial charge in [0.15, 0.2) is 0 Å². The maximum atomic E-state index is 14.0. The molecule has 0 radical (unpaired) electrons. The van der Waals surface area contributed by atoms with Gasteiger partial charge in [-0.1, -0.05) is 0 Å². The second kappa shape index (κ2) is 6.31. The summed E-state index contributed by atoms with van der Waals surface area (Å²) in [6.07, 6.45) is 0.215. The van der Waals surface area contributed by atoms with Gasteiger partial charge in [-0.25, -0.2) is 8.78 Å². The Labute approximate surface area is 139 Å². The van der Waals surface area contributed by atoms with E-state index in [9.17, 15) is 8.78 Å². The second-order valence-electron chi connectivity index (χ2n) is 6.98. The van der Waals surface area contributed by atoms with Gasteiger partial charge in [0.2, 0.25) is 0 Å². The molecule has 3 aliphatic rings. The minimum absolute atomic E-state index is 0.241. The van der Waals surface area contributed by atoms with Gasteiger partial charge >= 0.3 is 0 Å². The molecule has 23 heavy (non-hydrogen) atoms. The van der Waals surface area contributed by atoms with Crippen molar-refractivity contribution in [3.05, 3.63) is 35.4 Å². The lowest BCUT2D eigenvalue weighted by atomic mass is 9.93. The van der Waals surface area contributed by atoms with Crippen LogP contribution in [0.4, 0.5) is 8.78 Å². The van der Waals surface area contributed by atoms with E-state index in [-0.39, 0.29) is 11.6 Å². The molecular weight excluding hydrogens is 318 g/mol. The standard InChI is InChI=1S/C17H22F2N2OS/c18-12-1-2-15(19)14(3-12)17-16(20)4-13(7-22-17)21-5-10-8-23-9-11(10)6-21/h1-3,10-11,13,16-17H,4-9,20H2. The van der Waals surface area contributed by atoms with Crippen LogP contribution in [0.25, 0.3) is 0 Å². The van der Waals surface area contributed by atoms with Gasteiger partial charge in [-0.15, -0.1) is 0 Å². The van der Waals surface area contributed by atoms with E-state index >= 15 is 0 Å². The van der Waals surface area contributed by atoms with Crippen molar-refractivity contribution in [3.63, 3.8) is 0 Å². The lowest BCUT2D eigenvalue weighted by Gasteiger charge is -2.39. The number of benzene rings is 1. The second-order valence-corrected chi connectivity index (χ2v) is 8.06. The van der Waals surface area contributed by atoms with E-state index in [4.69, 9.17) is 10.5 Å². The Bertz CT molecular complexity index is 576. The van der Waals surface area contributed by atoms with Crippen LogP contribution < -0.4 is 5.73 Å². The Balaban J connectivity index is 1.43. The summed E-state index contributed by atoms with van der Waals surface area (Å²) in [5.41, 5.74) is 6.50.